The third kappa shape index (κ3) is 3.93. The van der Waals surface area contributed by atoms with Gasteiger partial charge in [0.25, 0.3) is 0 Å². The first kappa shape index (κ1) is 18.5. The van der Waals surface area contributed by atoms with Gasteiger partial charge in [0.05, 0.1) is 6.10 Å². The highest BCUT2D eigenvalue weighted by atomic mass is 35.5. The molecule has 0 radical (unpaired) electrons. The molecule has 1 saturated heterocycles. The van der Waals surface area contributed by atoms with Crippen LogP contribution in [0.15, 0.2) is 18.2 Å². The van der Waals surface area contributed by atoms with Crippen LogP contribution in [0.2, 0.25) is 0 Å². The summed E-state index contributed by atoms with van der Waals surface area (Å²) in [6, 6.07) is 4.75. The second kappa shape index (κ2) is 7.50. The minimum Gasteiger partial charge on any atom is -0.487 e. The van der Waals surface area contributed by atoms with Gasteiger partial charge in [-0.15, -0.1) is 12.4 Å². The number of ether oxygens (including phenoxy) is 1. The zero-order chi connectivity index (χ0) is 16.6. The number of amides is 1. The van der Waals surface area contributed by atoms with Gasteiger partial charge >= 0.3 is 0 Å². The van der Waals surface area contributed by atoms with Crippen LogP contribution in [0.5, 0.6) is 5.75 Å². The van der Waals surface area contributed by atoms with E-state index in [0.29, 0.717) is 11.4 Å². The predicted octanol–water partition coefficient (Wildman–Crippen LogP) is 3.90. The summed E-state index contributed by atoms with van der Waals surface area (Å²) in [6.45, 7) is 1.98. The zero-order valence-corrected chi connectivity index (χ0v) is 15.2. The molecule has 1 spiro atoms. The smallest absolute Gasteiger partial charge is 0.228 e. The summed E-state index contributed by atoms with van der Waals surface area (Å²) in [6.07, 6.45) is 7.52. The highest BCUT2D eigenvalue weighted by Gasteiger charge is 2.57. The molecule has 1 aromatic carbocycles. The van der Waals surface area contributed by atoms with Gasteiger partial charge in [-0.3, -0.25) is 4.79 Å². The lowest BCUT2D eigenvalue weighted by Gasteiger charge is -2.23. The summed E-state index contributed by atoms with van der Waals surface area (Å²) in [5.74, 6) is 0.00561. The molecule has 25 heavy (non-hydrogen) atoms. The number of piperidine rings is 1. The zero-order valence-electron chi connectivity index (χ0n) is 14.4. The number of anilines is 1. The van der Waals surface area contributed by atoms with Gasteiger partial charge in [-0.05, 0) is 75.6 Å². The molecule has 1 amide bonds. The minimum atomic E-state index is -0.396. The Bertz CT molecular complexity index is 628. The van der Waals surface area contributed by atoms with Crippen LogP contribution >= 0.6 is 12.4 Å². The third-order valence-corrected chi connectivity index (χ3v) is 5.90. The van der Waals surface area contributed by atoms with Crippen LogP contribution < -0.4 is 15.4 Å². The normalized spacial score (nSPS) is 24.6. The lowest BCUT2D eigenvalue weighted by molar-refractivity contribution is -0.118. The van der Waals surface area contributed by atoms with Crippen molar-refractivity contribution in [2.45, 2.75) is 51.0 Å². The van der Waals surface area contributed by atoms with Gasteiger partial charge in [-0.1, -0.05) is 0 Å². The van der Waals surface area contributed by atoms with E-state index in [-0.39, 0.29) is 35.8 Å². The standard InChI is InChI=1S/C19H25FN2O2.ClH/c20-16-11-13(5-6-17(16)24-14-3-1-2-4-14)22-18(23)15-12-19(15)7-9-21-10-8-19;/h5-6,11,14-15,21H,1-4,7-10,12H2,(H,22,23);1H. The molecule has 138 valence electrons. The highest BCUT2D eigenvalue weighted by Crippen LogP contribution is 2.58. The third-order valence-electron chi connectivity index (χ3n) is 5.90. The molecular weight excluding hydrogens is 343 g/mol. The quantitative estimate of drug-likeness (QED) is 0.847. The average molecular weight is 369 g/mol. The van der Waals surface area contributed by atoms with E-state index in [9.17, 15) is 9.18 Å². The minimum absolute atomic E-state index is 0. The van der Waals surface area contributed by atoms with Crippen LogP contribution in [0.1, 0.15) is 44.9 Å². The van der Waals surface area contributed by atoms with Crippen molar-refractivity contribution in [3.05, 3.63) is 24.0 Å². The number of hydrogen-bond acceptors (Lipinski definition) is 3. The van der Waals surface area contributed by atoms with Gasteiger partial charge < -0.3 is 15.4 Å². The molecule has 1 unspecified atom stereocenters. The molecule has 6 heteroatoms. The number of benzene rings is 1. The Morgan fingerprint density at radius 1 is 1.24 bits per heavy atom. The van der Waals surface area contributed by atoms with Gasteiger partial charge in [0.15, 0.2) is 11.6 Å². The van der Waals surface area contributed by atoms with Gasteiger partial charge in [0.2, 0.25) is 5.91 Å². The van der Waals surface area contributed by atoms with E-state index in [4.69, 9.17) is 4.74 Å². The Labute approximate surface area is 154 Å². The Balaban J connectivity index is 0.00000182. The van der Waals surface area contributed by atoms with Crippen molar-refractivity contribution < 1.29 is 13.9 Å². The second-order valence-corrected chi connectivity index (χ2v) is 7.53. The average Bonchev–Trinajstić information content (AvgIpc) is 3.03. The fourth-order valence-corrected chi connectivity index (χ4v) is 4.28. The van der Waals surface area contributed by atoms with Crippen LogP contribution in [-0.4, -0.2) is 25.1 Å². The van der Waals surface area contributed by atoms with Crippen molar-refractivity contribution in [2.75, 3.05) is 18.4 Å². The van der Waals surface area contributed by atoms with Crippen LogP contribution in [0.25, 0.3) is 0 Å². The topological polar surface area (TPSA) is 50.4 Å². The summed E-state index contributed by atoms with van der Waals surface area (Å²) in [4.78, 5) is 12.4. The number of halogens is 2. The van der Waals surface area contributed by atoms with Crippen LogP contribution in [0, 0.1) is 17.2 Å². The maximum atomic E-state index is 14.2. The van der Waals surface area contributed by atoms with E-state index >= 15 is 0 Å². The van der Waals surface area contributed by atoms with Crippen LogP contribution in [-0.2, 0) is 4.79 Å². The molecule has 4 rings (SSSR count). The molecule has 1 aromatic rings. The van der Waals surface area contributed by atoms with Crippen LogP contribution in [0.3, 0.4) is 0 Å². The van der Waals surface area contributed by atoms with E-state index in [1.165, 1.54) is 6.07 Å². The molecule has 2 N–H and O–H groups in total. The first-order valence-electron chi connectivity index (χ1n) is 9.14. The van der Waals surface area contributed by atoms with E-state index in [2.05, 4.69) is 10.6 Å². The Morgan fingerprint density at radius 3 is 2.64 bits per heavy atom. The van der Waals surface area contributed by atoms with Crippen molar-refractivity contribution in [1.29, 1.82) is 0 Å². The van der Waals surface area contributed by atoms with Crippen molar-refractivity contribution in [2.24, 2.45) is 11.3 Å². The second-order valence-electron chi connectivity index (χ2n) is 7.53. The lowest BCUT2D eigenvalue weighted by atomic mass is 9.92. The number of carbonyl (C=O) groups is 1. The summed E-state index contributed by atoms with van der Waals surface area (Å²) in [5, 5.41) is 6.22. The van der Waals surface area contributed by atoms with Crippen molar-refractivity contribution in [3.63, 3.8) is 0 Å². The summed E-state index contributed by atoms with van der Waals surface area (Å²) in [5.41, 5.74) is 0.714. The summed E-state index contributed by atoms with van der Waals surface area (Å²) < 4.78 is 20.0. The van der Waals surface area contributed by atoms with E-state index in [0.717, 1.165) is 58.0 Å². The largest absolute Gasteiger partial charge is 0.487 e. The molecular formula is C19H26ClFN2O2. The monoisotopic (exact) mass is 368 g/mol. The maximum Gasteiger partial charge on any atom is 0.228 e. The number of carbonyl (C=O) groups excluding carboxylic acids is 1. The molecule has 4 nitrogen and oxygen atoms in total. The van der Waals surface area contributed by atoms with Gasteiger partial charge in [-0.25, -0.2) is 4.39 Å². The first-order chi connectivity index (χ1) is 11.7. The fourth-order valence-electron chi connectivity index (χ4n) is 4.28. The highest BCUT2D eigenvalue weighted by molar-refractivity contribution is 5.95. The van der Waals surface area contributed by atoms with Crippen molar-refractivity contribution >= 4 is 24.0 Å². The van der Waals surface area contributed by atoms with Gasteiger partial charge in [0, 0.05) is 17.7 Å². The maximum absolute atomic E-state index is 14.2. The Kier molecular flexibility index (Phi) is 5.54. The molecule has 0 aromatic heterocycles. The molecule has 1 atom stereocenters. The van der Waals surface area contributed by atoms with Gasteiger partial charge in [-0.2, -0.15) is 0 Å². The van der Waals surface area contributed by atoms with E-state index < -0.39 is 5.82 Å². The Morgan fingerprint density at radius 2 is 1.96 bits per heavy atom. The first-order valence-corrected chi connectivity index (χ1v) is 9.14. The van der Waals surface area contributed by atoms with E-state index in [1.807, 2.05) is 0 Å². The lowest BCUT2D eigenvalue weighted by Crippen LogP contribution is -2.31. The summed E-state index contributed by atoms with van der Waals surface area (Å²) in [7, 11) is 0. The van der Waals surface area contributed by atoms with Crippen molar-refractivity contribution in [3.8, 4) is 5.75 Å². The van der Waals surface area contributed by atoms with Crippen LogP contribution in [0.4, 0.5) is 10.1 Å². The Hall–Kier alpha value is -1.33. The molecule has 1 aliphatic heterocycles. The molecule has 3 fully saturated rings. The van der Waals surface area contributed by atoms with E-state index in [1.54, 1.807) is 12.1 Å². The summed E-state index contributed by atoms with van der Waals surface area (Å²) >= 11 is 0. The number of hydrogen-bond donors (Lipinski definition) is 2. The molecule has 3 aliphatic rings. The number of nitrogens with one attached hydrogen (secondary N) is 2. The molecule has 0 bridgehead atoms. The SMILES string of the molecule is Cl.O=C(Nc1ccc(OC2CCCC2)c(F)c1)C1CC12CCNCC2. The predicted molar refractivity (Wildman–Crippen MR) is 97.8 cm³/mol. The molecule has 2 aliphatic carbocycles. The van der Waals surface area contributed by atoms with Crippen molar-refractivity contribution in [1.82, 2.24) is 5.32 Å². The fraction of sp³-hybridized carbons (Fsp3) is 0.632. The molecule has 2 saturated carbocycles. The number of rotatable bonds is 4. The van der Waals surface area contributed by atoms with Gasteiger partial charge in [0.1, 0.15) is 0 Å². The molecule has 1 heterocycles.